The van der Waals surface area contributed by atoms with E-state index in [0.717, 1.165) is 18.8 Å². The number of rotatable bonds is 2. The molecule has 17 heavy (non-hydrogen) atoms. The Morgan fingerprint density at radius 3 is 3.24 bits per heavy atom. The first kappa shape index (κ1) is 12.2. The number of carbonyl (C=O) groups is 1. The second-order valence-electron chi connectivity index (χ2n) is 4.00. The molecule has 1 aromatic rings. The monoisotopic (exact) mass is 252 g/mol. The van der Waals surface area contributed by atoms with Crippen LogP contribution in [0.25, 0.3) is 0 Å². The average molecular weight is 252 g/mol. The molecule has 1 amide bonds. The van der Waals surface area contributed by atoms with Crippen molar-refractivity contribution in [2.45, 2.75) is 12.2 Å². The Bertz CT molecular complexity index is 412. The topological polar surface area (TPSA) is 71.2 Å². The first-order valence-corrected chi connectivity index (χ1v) is 6.58. The summed E-state index contributed by atoms with van der Waals surface area (Å²) in [6.45, 7) is 3.70. The number of hydrazine groups is 1. The molecule has 92 valence electrons. The maximum Gasteiger partial charge on any atom is 0.257 e. The Balaban J connectivity index is 2.18. The summed E-state index contributed by atoms with van der Waals surface area (Å²) in [5.74, 6) is 6.38. The molecular formula is C11H16N4OS. The van der Waals surface area contributed by atoms with Gasteiger partial charge in [0.1, 0.15) is 0 Å². The molecule has 1 saturated heterocycles. The molecule has 0 aromatic carbocycles. The van der Waals surface area contributed by atoms with Crippen LogP contribution in [0.5, 0.6) is 0 Å². The minimum Gasteiger partial charge on any atom is -0.337 e. The Labute approximate surface area is 105 Å². The summed E-state index contributed by atoms with van der Waals surface area (Å²) in [7, 11) is 0. The Hall–Kier alpha value is -1.27. The average Bonchev–Trinajstić information content (AvgIpc) is 2.38. The summed E-state index contributed by atoms with van der Waals surface area (Å²) in [5.41, 5.74) is 3.69. The summed E-state index contributed by atoms with van der Waals surface area (Å²) in [4.78, 5) is 18.1. The second-order valence-corrected chi connectivity index (χ2v) is 5.54. The van der Waals surface area contributed by atoms with Crippen LogP contribution in [-0.4, -0.2) is 39.9 Å². The molecule has 3 N–H and O–H groups in total. The summed E-state index contributed by atoms with van der Waals surface area (Å²) < 4.78 is 0. The number of hydrogen-bond donors (Lipinski definition) is 2. The number of pyridine rings is 1. The largest absolute Gasteiger partial charge is 0.337 e. The van der Waals surface area contributed by atoms with Gasteiger partial charge in [-0.25, -0.2) is 0 Å². The van der Waals surface area contributed by atoms with E-state index >= 15 is 0 Å². The fourth-order valence-electron chi connectivity index (χ4n) is 1.86. The first-order chi connectivity index (χ1) is 8.22. The second kappa shape index (κ2) is 5.37. The molecule has 2 heterocycles. The number of nitrogen functional groups attached to an aromatic ring is 1. The van der Waals surface area contributed by atoms with Gasteiger partial charge >= 0.3 is 0 Å². The third kappa shape index (κ3) is 2.70. The molecule has 1 fully saturated rings. The highest BCUT2D eigenvalue weighted by atomic mass is 32.2. The molecule has 1 unspecified atom stereocenters. The third-order valence-corrected chi connectivity index (χ3v) is 3.87. The van der Waals surface area contributed by atoms with Crippen molar-refractivity contribution in [2.75, 3.05) is 24.3 Å². The molecule has 5 nitrogen and oxygen atoms in total. The minimum atomic E-state index is -0.00167. The molecule has 1 aliphatic heterocycles. The van der Waals surface area contributed by atoms with E-state index in [-0.39, 0.29) is 5.91 Å². The summed E-state index contributed by atoms with van der Waals surface area (Å²) in [6.07, 6.45) is 3.17. The summed E-state index contributed by atoms with van der Waals surface area (Å²) in [5, 5.41) is 0.485. The maximum atomic E-state index is 12.3. The summed E-state index contributed by atoms with van der Waals surface area (Å²) in [6, 6.07) is 1.70. The van der Waals surface area contributed by atoms with Gasteiger partial charge in [-0.2, -0.15) is 11.8 Å². The standard InChI is InChI=1S/C11H16N4OS/c1-8-7-15(4-5-17-8)11(16)9-6-13-3-2-10(9)14-12/h2-3,6,8H,4-5,7,12H2,1H3,(H,13,14). The van der Waals surface area contributed by atoms with Gasteiger partial charge in [0.25, 0.3) is 5.91 Å². The number of nitrogens with zero attached hydrogens (tertiary/aromatic N) is 2. The smallest absolute Gasteiger partial charge is 0.257 e. The van der Waals surface area contributed by atoms with E-state index in [2.05, 4.69) is 17.3 Å². The van der Waals surface area contributed by atoms with Crippen LogP contribution in [0.1, 0.15) is 17.3 Å². The van der Waals surface area contributed by atoms with Crippen LogP contribution in [-0.2, 0) is 0 Å². The van der Waals surface area contributed by atoms with E-state index in [1.165, 1.54) is 0 Å². The molecule has 6 heteroatoms. The van der Waals surface area contributed by atoms with Crippen molar-refractivity contribution in [1.82, 2.24) is 9.88 Å². The SMILES string of the molecule is CC1CN(C(=O)c2cnccc2NN)CCS1. The lowest BCUT2D eigenvalue weighted by atomic mass is 10.2. The van der Waals surface area contributed by atoms with E-state index in [1.54, 1.807) is 18.5 Å². The van der Waals surface area contributed by atoms with Gasteiger partial charge in [0.15, 0.2) is 0 Å². The number of thioether (sulfide) groups is 1. The van der Waals surface area contributed by atoms with Gasteiger partial charge in [0.2, 0.25) is 0 Å². The predicted molar refractivity (Wildman–Crippen MR) is 69.9 cm³/mol. The molecule has 0 bridgehead atoms. The van der Waals surface area contributed by atoms with E-state index in [9.17, 15) is 4.79 Å². The van der Waals surface area contributed by atoms with E-state index in [1.807, 2.05) is 16.7 Å². The van der Waals surface area contributed by atoms with Crippen LogP contribution in [0.2, 0.25) is 0 Å². The highest BCUT2D eigenvalue weighted by Crippen LogP contribution is 2.21. The number of anilines is 1. The Kier molecular flexibility index (Phi) is 3.86. The van der Waals surface area contributed by atoms with Crippen LogP contribution in [0.3, 0.4) is 0 Å². The van der Waals surface area contributed by atoms with Crippen molar-refractivity contribution in [3.8, 4) is 0 Å². The number of amides is 1. The van der Waals surface area contributed by atoms with Gasteiger partial charge in [-0.05, 0) is 6.07 Å². The third-order valence-electron chi connectivity index (χ3n) is 2.74. The van der Waals surface area contributed by atoms with Crippen molar-refractivity contribution in [2.24, 2.45) is 5.84 Å². The molecule has 1 aromatic heterocycles. The van der Waals surface area contributed by atoms with Crippen LogP contribution in [0.15, 0.2) is 18.5 Å². The fraction of sp³-hybridized carbons (Fsp3) is 0.455. The van der Waals surface area contributed by atoms with Crippen LogP contribution >= 0.6 is 11.8 Å². The molecular weight excluding hydrogens is 236 g/mol. The van der Waals surface area contributed by atoms with Gasteiger partial charge in [-0.15, -0.1) is 0 Å². The van der Waals surface area contributed by atoms with Crippen molar-refractivity contribution < 1.29 is 4.79 Å². The van der Waals surface area contributed by atoms with Crippen LogP contribution < -0.4 is 11.3 Å². The van der Waals surface area contributed by atoms with E-state index < -0.39 is 0 Å². The Morgan fingerprint density at radius 1 is 1.71 bits per heavy atom. The van der Waals surface area contributed by atoms with E-state index in [0.29, 0.717) is 16.5 Å². The molecule has 1 atom stereocenters. The van der Waals surface area contributed by atoms with Gasteiger partial charge < -0.3 is 10.3 Å². The molecule has 2 rings (SSSR count). The van der Waals surface area contributed by atoms with Gasteiger partial charge in [-0.3, -0.25) is 15.6 Å². The van der Waals surface area contributed by atoms with Crippen molar-refractivity contribution in [1.29, 1.82) is 0 Å². The minimum absolute atomic E-state index is 0.00167. The van der Waals surface area contributed by atoms with Crippen molar-refractivity contribution in [3.05, 3.63) is 24.0 Å². The number of nitrogens with two attached hydrogens (primary N) is 1. The van der Waals surface area contributed by atoms with Gasteiger partial charge in [0, 0.05) is 36.5 Å². The molecule has 1 aliphatic rings. The highest BCUT2D eigenvalue weighted by Gasteiger charge is 2.24. The molecule has 0 aliphatic carbocycles. The summed E-state index contributed by atoms with van der Waals surface area (Å²) >= 11 is 1.89. The lowest BCUT2D eigenvalue weighted by molar-refractivity contribution is 0.0763. The number of carbonyl (C=O) groups excluding carboxylic acids is 1. The predicted octanol–water partition coefficient (Wildman–Crippen LogP) is 0.945. The number of nitrogens with one attached hydrogen (secondary N) is 1. The normalized spacial score (nSPS) is 20.1. The fourth-order valence-corrected chi connectivity index (χ4v) is 2.88. The van der Waals surface area contributed by atoms with Gasteiger partial charge in [-0.1, -0.05) is 6.92 Å². The molecule has 0 saturated carbocycles. The quantitative estimate of drug-likeness (QED) is 0.605. The lowest BCUT2D eigenvalue weighted by Crippen LogP contribution is -2.41. The zero-order chi connectivity index (χ0) is 12.3. The zero-order valence-corrected chi connectivity index (χ0v) is 10.5. The number of aromatic nitrogens is 1. The van der Waals surface area contributed by atoms with Crippen molar-refractivity contribution >= 4 is 23.4 Å². The van der Waals surface area contributed by atoms with E-state index in [4.69, 9.17) is 5.84 Å². The van der Waals surface area contributed by atoms with Crippen molar-refractivity contribution in [3.63, 3.8) is 0 Å². The van der Waals surface area contributed by atoms with Gasteiger partial charge in [0.05, 0.1) is 11.3 Å². The lowest BCUT2D eigenvalue weighted by Gasteiger charge is -2.30. The first-order valence-electron chi connectivity index (χ1n) is 5.54. The Morgan fingerprint density at radius 2 is 2.53 bits per heavy atom. The number of hydrogen-bond acceptors (Lipinski definition) is 5. The molecule has 0 spiro atoms. The zero-order valence-electron chi connectivity index (χ0n) is 9.72. The molecule has 0 radical (unpaired) electrons. The maximum absolute atomic E-state index is 12.3. The van der Waals surface area contributed by atoms with Crippen LogP contribution in [0, 0.1) is 0 Å². The van der Waals surface area contributed by atoms with Crippen LogP contribution in [0.4, 0.5) is 5.69 Å². The highest BCUT2D eigenvalue weighted by molar-refractivity contribution is 7.99.